The number of para-hydroxylation sites is 2. The Hall–Kier alpha value is -2.21. The van der Waals surface area contributed by atoms with Gasteiger partial charge in [-0.15, -0.1) is 0 Å². The second-order valence-corrected chi connectivity index (χ2v) is 5.52. The van der Waals surface area contributed by atoms with Crippen LogP contribution in [0.5, 0.6) is 0 Å². The van der Waals surface area contributed by atoms with Crippen LogP contribution in [0.15, 0.2) is 24.3 Å². The minimum atomic E-state index is -1.89. The molecule has 1 fully saturated rings. The standard InChI is InChI=1S/C14H15N3O3/c1-13(15,12(19)20)10(18)14(6-7-14)11-16-8-4-2-3-5-9(8)17-11/h2-5H,6-7,15H2,1H3,(H,16,17)(H,19,20)/t13-/m0/s1. The highest BCUT2D eigenvalue weighted by Gasteiger charge is 2.60. The number of aliphatic carboxylic acids is 1. The molecule has 0 saturated heterocycles. The minimum Gasteiger partial charge on any atom is -0.480 e. The normalized spacial score (nSPS) is 19.5. The van der Waals surface area contributed by atoms with Crippen molar-refractivity contribution in [2.24, 2.45) is 5.73 Å². The van der Waals surface area contributed by atoms with Gasteiger partial charge in [0.05, 0.1) is 16.4 Å². The van der Waals surface area contributed by atoms with E-state index in [9.17, 15) is 9.59 Å². The number of carboxylic acid groups (broad SMARTS) is 1. The molecular formula is C14H15N3O3. The number of H-pyrrole nitrogens is 1. The number of hydrogen-bond donors (Lipinski definition) is 3. The predicted octanol–water partition coefficient (Wildman–Crippen LogP) is 0.966. The SMILES string of the molecule is C[C@@](N)(C(=O)O)C(=O)C1(c2nc3ccccc3[nH]2)CC1. The smallest absolute Gasteiger partial charge is 0.331 e. The molecule has 0 aliphatic heterocycles. The Morgan fingerprint density at radius 1 is 1.40 bits per heavy atom. The summed E-state index contributed by atoms with van der Waals surface area (Å²) in [5.41, 5.74) is 4.49. The Kier molecular flexibility index (Phi) is 2.49. The van der Waals surface area contributed by atoms with Crippen LogP contribution in [0.2, 0.25) is 0 Å². The van der Waals surface area contributed by atoms with Gasteiger partial charge in [0, 0.05) is 0 Å². The first-order valence-electron chi connectivity index (χ1n) is 6.40. The molecule has 1 atom stereocenters. The largest absolute Gasteiger partial charge is 0.480 e. The number of fused-ring (bicyclic) bond motifs is 1. The van der Waals surface area contributed by atoms with E-state index in [1.807, 2.05) is 24.3 Å². The highest BCUT2D eigenvalue weighted by Crippen LogP contribution is 2.49. The number of hydrogen-bond acceptors (Lipinski definition) is 4. The Labute approximate surface area is 115 Å². The van der Waals surface area contributed by atoms with E-state index in [0.717, 1.165) is 11.0 Å². The molecule has 1 aromatic carbocycles. The lowest BCUT2D eigenvalue weighted by molar-refractivity contribution is -0.148. The van der Waals surface area contributed by atoms with Crippen molar-refractivity contribution in [3.8, 4) is 0 Å². The van der Waals surface area contributed by atoms with Crippen LogP contribution in [0.3, 0.4) is 0 Å². The molecule has 6 nitrogen and oxygen atoms in total. The number of rotatable bonds is 4. The summed E-state index contributed by atoms with van der Waals surface area (Å²) in [6.45, 7) is 1.24. The van der Waals surface area contributed by atoms with Gasteiger partial charge < -0.3 is 15.8 Å². The molecule has 0 amide bonds. The molecule has 0 unspecified atom stereocenters. The summed E-state index contributed by atoms with van der Waals surface area (Å²) in [6, 6.07) is 7.44. The van der Waals surface area contributed by atoms with Crippen LogP contribution >= 0.6 is 0 Å². The van der Waals surface area contributed by atoms with Crippen molar-refractivity contribution in [2.75, 3.05) is 0 Å². The average molecular weight is 273 g/mol. The summed E-state index contributed by atoms with van der Waals surface area (Å²) < 4.78 is 0. The second-order valence-electron chi connectivity index (χ2n) is 5.52. The van der Waals surface area contributed by atoms with E-state index < -0.39 is 22.7 Å². The summed E-state index contributed by atoms with van der Waals surface area (Å²) >= 11 is 0. The minimum absolute atomic E-state index is 0.489. The molecular weight excluding hydrogens is 258 g/mol. The number of aromatic nitrogens is 2. The molecule has 3 rings (SSSR count). The summed E-state index contributed by atoms with van der Waals surface area (Å²) in [4.78, 5) is 31.2. The number of nitrogens with zero attached hydrogens (tertiary/aromatic N) is 1. The zero-order valence-corrected chi connectivity index (χ0v) is 11.0. The molecule has 1 aliphatic carbocycles. The summed E-state index contributed by atoms with van der Waals surface area (Å²) in [6.07, 6.45) is 1.15. The van der Waals surface area contributed by atoms with Gasteiger partial charge in [-0.3, -0.25) is 4.79 Å². The lowest BCUT2D eigenvalue weighted by Gasteiger charge is -2.22. The Morgan fingerprint density at radius 2 is 2.05 bits per heavy atom. The molecule has 4 N–H and O–H groups in total. The van der Waals surface area contributed by atoms with E-state index in [1.54, 1.807) is 0 Å². The fourth-order valence-electron chi connectivity index (χ4n) is 2.47. The van der Waals surface area contributed by atoms with Gasteiger partial charge in [-0.1, -0.05) is 12.1 Å². The Bertz CT molecular complexity index is 680. The number of ketones is 1. The van der Waals surface area contributed by atoms with E-state index in [-0.39, 0.29) is 0 Å². The van der Waals surface area contributed by atoms with Crippen LogP contribution in [0.4, 0.5) is 0 Å². The number of nitrogens with two attached hydrogens (primary N) is 1. The van der Waals surface area contributed by atoms with Gasteiger partial charge in [0.15, 0.2) is 11.3 Å². The maximum atomic E-state index is 12.5. The van der Waals surface area contributed by atoms with Gasteiger partial charge in [-0.25, -0.2) is 9.78 Å². The van der Waals surface area contributed by atoms with Crippen molar-refractivity contribution in [3.05, 3.63) is 30.1 Å². The van der Waals surface area contributed by atoms with Gasteiger partial charge >= 0.3 is 5.97 Å². The Balaban J connectivity index is 2.04. The molecule has 1 heterocycles. The van der Waals surface area contributed by atoms with Crippen molar-refractivity contribution < 1.29 is 14.7 Å². The zero-order chi connectivity index (χ0) is 14.5. The highest BCUT2D eigenvalue weighted by molar-refractivity contribution is 6.13. The molecule has 1 aromatic heterocycles. The van der Waals surface area contributed by atoms with Gasteiger partial charge in [0.1, 0.15) is 5.82 Å². The maximum absolute atomic E-state index is 12.5. The van der Waals surface area contributed by atoms with Gasteiger partial charge in [0.25, 0.3) is 0 Å². The molecule has 104 valence electrons. The van der Waals surface area contributed by atoms with Crippen molar-refractivity contribution >= 4 is 22.8 Å². The quantitative estimate of drug-likeness (QED) is 0.719. The van der Waals surface area contributed by atoms with Crippen molar-refractivity contribution in [1.29, 1.82) is 0 Å². The number of aromatic amines is 1. The van der Waals surface area contributed by atoms with Gasteiger partial charge in [0.2, 0.25) is 0 Å². The lowest BCUT2D eigenvalue weighted by Crippen LogP contribution is -2.56. The monoisotopic (exact) mass is 273 g/mol. The molecule has 0 spiro atoms. The first kappa shape index (κ1) is 12.8. The fourth-order valence-corrected chi connectivity index (χ4v) is 2.47. The number of carbonyl (C=O) groups is 2. The third-order valence-corrected chi connectivity index (χ3v) is 3.94. The molecule has 20 heavy (non-hydrogen) atoms. The van der Waals surface area contributed by atoms with Crippen molar-refractivity contribution in [2.45, 2.75) is 30.7 Å². The predicted molar refractivity (Wildman–Crippen MR) is 72.2 cm³/mol. The van der Waals surface area contributed by atoms with E-state index in [4.69, 9.17) is 10.8 Å². The van der Waals surface area contributed by atoms with E-state index in [0.29, 0.717) is 18.7 Å². The number of imidazole rings is 1. The zero-order valence-electron chi connectivity index (χ0n) is 11.0. The third kappa shape index (κ3) is 1.65. The van der Waals surface area contributed by atoms with E-state index in [2.05, 4.69) is 9.97 Å². The lowest BCUT2D eigenvalue weighted by atomic mass is 9.85. The number of benzene rings is 1. The average Bonchev–Trinajstić information content (AvgIpc) is 3.10. The van der Waals surface area contributed by atoms with Crippen LogP contribution in [0.1, 0.15) is 25.6 Å². The number of Topliss-reactive ketones (excluding diaryl/α,β-unsaturated/α-hetero) is 1. The van der Waals surface area contributed by atoms with Crippen LogP contribution in [0.25, 0.3) is 11.0 Å². The van der Waals surface area contributed by atoms with E-state index >= 15 is 0 Å². The van der Waals surface area contributed by atoms with Crippen LogP contribution < -0.4 is 5.73 Å². The Morgan fingerprint density at radius 3 is 2.60 bits per heavy atom. The number of nitrogens with one attached hydrogen (secondary N) is 1. The first-order valence-corrected chi connectivity index (χ1v) is 6.40. The van der Waals surface area contributed by atoms with Gasteiger partial charge in [-0.2, -0.15) is 0 Å². The van der Waals surface area contributed by atoms with Crippen molar-refractivity contribution in [3.63, 3.8) is 0 Å². The highest BCUT2D eigenvalue weighted by atomic mass is 16.4. The molecule has 2 aromatic rings. The maximum Gasteiger partial charge on any atom is 0.331 e. The first-order chi connectivity index (χ1) is 9.38. The second kappa shape index (κ2) is 3.89. The summed E-state index contributed by atoms with van der Waals surface area (Å²) in [5, 5.41) is 9.11. The summed E-state index contributed by atoms with van der Waals surface area (Å²) in [7, 11) is 0. The molecule has 0 bridgehead atoms. The summed E-state index contributed by atoms with van der Waals surface area (Å²) in [5.74, 6) is -1.29. The topological polar surface area (TPSA) is 109 Å². The van der Waals surface area contributed by atoms with Crippen LogP contribution in [0, 0.1) is 0 Å². The molecule has 6 heteroatoms. The fraction of sp³-hybridized carbons (Fsp3) is 0.357. The number of carbonyl (C=O) groups excluding carboxylic acids is 1. The van der Waals surface area contributed by atoms with Crippen LogP contribution in [-0.4, -0.2) is 32.4 Å². The number of carboxylic acids is 1. The molecule has 1 aliphatic rings. The molecule has 1 saturated carbocycles. The van der Waals surface area contributed by atoms with Crippen LogP contribution in [-0.2, 0) is 15.0 Å². The van der Waals surface area contributed by atoms with E-state index in [1.165, 1.54) is 6.92 Å². The third-order valence-electron chi connectivity index (χ3n) is 3.94. The molecule has 0 radical (unpaired) electrons. The van der Waals surface area contributed by atoms with Crippen molar-refractivity contribution in [1.82, 2.24) is 9.97 Å². The van der Waals surface area contributed by atoms with Gasteiger partial charge in [-0.05, 0) is 31.9 Å².